The molecule has 0 bridgehead atoms. The molecule has 1 rings (SSSR count). The van der Waals surface area contributed by atoms with E-state index in [0.29, 0.717) is 0 Å². The lowest BCUT2D eigenvalue weighted by molar-refractivity contribution is -0.277. The van der Waals surface area contributed by atoms with Crippen molar-refractivity contribution in [2.45, 2.75) is 18.2 Å². The lowest BCUT2D eigenvalue weighted by Crippen LogP contribution is -2.25. The van der Waals surface area contributed by atoms with Gasteiger partial charge in [0.25, 0.3) is 5.56 Å². The number of aromatic amines is 1. The predicted octanol–water partition coefficient (Wildman–Crippen LogP) is 0.229. The van der Waals surface area contributed by atoms with E-state index in [9.17, 15) is 26.4 Å². The van der Waals surface area contributed by atoms with Gasteiger partial charge in [0.15, 0.2) is 0 Å². The number of primary sulfonamides is 1. The van der Waals surface area contributed by atoms with E-state index in [1.165, 1.54) is 0 Å². The molecule has 0 saturated heterocycles. The maximum Gasteiger partial charge on any atom is 0.574 e. The summed E-state index contributed by atoms with van der Waals surface area (Å²) >= 11 is 0. The zero-order chi connectivity index (χ0) is 13.4. The molecule has 0 aliphatic carbocycles. The average molecular weight is 272 g/mol. The molecular formula is C7H7F3N2O4S. The lowest BCUT2D eigenvalue weighted by Gasteiger charge is -2.12. The molecule has 0 saturated carbocycles. The van der Waals surface area contributed by atoms with Gasteiger partial charge >= 0.3 is 6.36 Å². The molecule has 1 heterocycles. The van der Waals surface area contributed by atoms with Crippen molar-refractivity contribution in [1.29, 1.82) is 0 Å². The Labute approximate surface area is 93.3 Å². The van der Waals surface area contributed by atoms with E-state index in [2.05, 4.69) is 4.74 Å². The highest BCUT2D eigenvalue weighted by molar-refractivity contribution is 7.89. The molecule has 1 aromatic rings. The molecule has 1 aromatic heterocycles. The fourth-order valence-corrected chi connectivity index (χ4v) is 2.05. The fourth-order valence-electron chi connectivity index (χ4n) is 1.19. The number of rotatable bonds is 2. The highest BCUT2D eigenvalue weighted by Gasteiger charge is 2.34. The minimum atomic E-state index is -5.14. The summed E-state index contributed by atoms with van der Waals surface area (Å²) in [5.74, 6) is -1.25. The van der Waals surface area contributed by atoms with E-state index in [1.54, 1.807) is 4.98 Å². The van der Waals surface area contributed by atoms with Crippen molar-refractivity contribution >= 4 is 10.0 Å². The van der Waals surface area contributed by atoms with Crippen LogP contribution in [-0.4, -0.2) is 19.8 Å². The number of halogens is 3. The van der Waals surface area contributed by atoms with Gasteiger partial charge in [0.1, 0.15) is 4.90 Å². The summed E-state index contributed by atoms with van der Waals surface area (Å²) in [6, 6.07) is 0.795. The first-order valence-electron chi connectivity index (χ1n) is 4.03. The summed E-state index contributed by atoms with van der Waals surface area (Å²) < 4.78 is 61.5. The zero-order valence-corrected chi connectivity index (χ0v) is 9.15. The van der Waals surface area contributed by atoms with E-state index in [1.807, 2.05) is 0 Å². The third-order valence-corrected chi connectivity index (χ3v) is 2.73. The van der Waals surface area contributed by atoms with E-state index in [4.69, 9.17) is 5.14 Å². The van der Waals surface area contributed by atoms with Crippen LogP contribution in [0.2, 0.25) is 0 Å². The van der Waals surface area contributed by atoms with Gasteiger partial charge in [-0.25, -0.2) is 13.6 Å². The number of ether oxygens (including phenoxy) is 1. The van der Waals surface area contributed by atoms with Crippen molar-refractivity contribution in [3.05, 3.63) is 22.0 Å². The van der Waals surface area contributed by atoms with Gasteiger partial charge < -0.3 is 4.74 Å². The second kappa shape index (κ2) is 4.04. The number of hydrogen-bond donors (Lipinski definition) is 2. The minimum absolute atomic E-state index is 0.240. The molecule has 0 aliphatic heterocycles. The van der Waals surface area contributed by atoms with Crippen LogP contribution in [0, 0.1) is 6.92 Å². The van der Waals surface area contributed by atoms with Gasteiger partial charge in [-0.15, -0.1) is 13.2 Å². The van der Waals surface area contributed by atoms with E-state index in [0.717, 1.165) is 13.0 Å². The molecule has 0 radical (unpaired) electrons. The molecule has 0 aromatic carbocycles. The van der Waals surface area contributed by atoms with Gasteiger partial charge in [-0.3, -0.25) is 9.78 Å². The largest absolute Gasteiger partial charge is 0.574 e. The number of sulfonamides is 1. The van der Waals surface area contributed by atoms with Crippen LogP contribution in [-0.2, 0) is 10.0 Å². The quantitative estimate of drug-likeness (QED) is 0.804. The van der Waals surface area contributed by atoms with Crippen molar-refractivity contribution in [2.75, 3.05) is 0 Å². The number of alkyl halides is 3. The molecule has 0 aliphatic rings. The molecule has 96 valence electrons. The Bertz CT molecular complexity index is 590. The third-order valence-electron chi connectivity index (χ3n) is 1.65. The van der Waals surface area contributed by atoms with Crippen LogP contribution in [0.25, 0.3) is 0 Å². The molecule has 0 unspecified atom stereocenters. The Hall–Kier alpha value is -1.55. The van der Waals surface area contributed by atoms with Gasteiger partial charge in [0.05, 0.1) is 0 Å². The van der Waals surface area contributed by atoms with Gasteiger partial charge in [-0.05, 0) is 12.5 Å². The Kier molecular flexibility index (Phi) is 3.21. The number of nitrogens with two attached hydrogens (primary N) is 1. The molecular weight excluding hydrogens is 265 g/mol. The summed E-state index contributed by atoms with van der Waals surface area (Å²) in [6.45, 7) is 1.12. The second-order valence-corrected chi connectivity index (χ2v) is 4.57. The summed E-state index contributed by atoms with van der Waals surface area (Å²) in [5, 5.41) is 4.73. The monoisotopic (exact) mass is 272 g/mol. The summed E-state index contributed by atoms with van der Waals surface area (Å²) in [6.07, 6.45) is -5.14. The standard InChI is InChI=1S/C7H7F3N2O4S/c1-3-2-4(13)12-6(16-7(8,9)10)5(3)17(11,14)15/h2H,1H3,(H,12,13)(H2,11,14,15). The van der Waals surface area contributed by atoms with Crippen LogP contribution in [0.15, 0.2) is 15.8 Å². The number of hydrogen-bond acceptors (Lipinski definition) is 4. The normalized spacial score (nSPS) is 12.5. The first-order chi connectivity index (χ1) is 7.50. The summed E-state index contributed by atoms with van der Waals surface area (Å²) in [7, 11) is -4.45. The summed E-state index contributed by atoms with van der Waals surface area (Å²) in [5.41, 5.74) is -1.18. The third kappa shape index (κ3) is 3.46. The van der Waals surface area contributed by atoms with Crippen molar-refractivity contribution in [2.24, 2.45) is 5.14 Å². The molecule has 0 amide bonds. The van der Waals surface area contributed by atoms with Crippen molar-refractivity contribution in [3.63, 3.8) is 0 Å². The van der Waals surface area contributed by atoms with Crippen LogP contribution in [0.5, 0.6) is 5.88 Å². The van der Waals surface area contributed by atoms with Gasteiger partial charge in [0, 0.05) is 6.07 Å². The molecule has 0 spiro atoms. The van der Waals surface area contributed by atoms with E-state index < -0.39 is 32.7 Å². The maximum atomic E-state index is 12.0. The SMILES string of the molecule is Cc1cc(=O)[nH]c(OC(F)(F)F)c1S(N)(=O)=O. The molecule has 0 fully saturated rings. The predicted molar refractivity (Wildman–Crippen MR) is 49.9 cm³/mol. The van der Waals surface area contributed by atoms with Crippen LogP contribution >= 0.6 is 0 Å². The van der Waals surface area contributed by atoms with E-state index >= 15 is 0 Å². The Morgan fingerprint density at radius 2 is 1.94 bits per heavy atom. The Morgan fingerprint density at radius 3 is 2.35 bits per heavy atom. The zero-order valence-electron chi connectivity index (χ0n) is 8.33. The first kappa shape index (κ1) is 13.5. The Morgan fingerprint density at radius 1 is 1.41 bits per heavy atom. The molecule has 3 N–H and O–H groups in total. The molecule has 10 heteroatoms. The van der Waals surface area contributed by atoms with Crippen LogP contribution in [0.3, 0.4) is 0 Å². The van der Waals surface area contributed by atoms with E-state index in [-0.39, 0.29) is 5.56 Å². The highest BCUT2D eigenvalue weighted by atomic mass is 32.2. The van der Waals surface area contributed by atoms with Gasteiger partial charge in [-0.2, -0.15) is 0 Å². The summed E-state index contributed by atoms with van der Waals surface area (Å²) in [4.78, 5) is 11.7. The van der Waals surface area contributed by atoms with Gasteiger partial charge in [-0.1, -0.05) is 0 Å². The highest BCUT2D eigenvalue weighted by Crippen LogP contribution is 2.27. The van der Waals surface area contributed by atoms with Gasteiger partial charge in [0.2, 0.25) is 15.9 Å². The lowest BCUT2D eigenvalue weighted by atomic mass is 10.3. The minimum Gasteiger partial charge on any atom is -0.388 e. The topological polar surface area (TPSA) is 102 Å². The molecule has 0 atom stereocenters. The van der Waals surface area contributed by atoms with Crippen LogP contribution < -0.4 is 15.4 Å². The molecule has 6 nitrogen and oxygen atoms in total. The fraction of sp³-hybridized carbons (Fsp3) is 0.286. The molecule has 17 heavy (non-hydrogen) atoms. The van der Waals surface area contributed by atoms with Crippen LogP contribution in [0.4, 0.5) is 13.2 Å². The number of nitrogens with one attached hydrogen (secondary N) is 1. The van der Waals surface area contributed by atoms with Crippen molar-refractivity contribution in [3.8, 4) is 5.88 Å². The number of aryl methyl sites for hydroxylation is 1. The van der Waals surface area contributed by atoms with Crippen molar-refractivity contribution < 1.29 is 26.3 Å². The maximum absolute atomic E-state index is 12.0. The average Bonchev–Trinajstić information content (AvgIpc) is 1.94. The van der Waals surface area contributed by atoms with Crippen LogP contribution in [0.1, 0.15) is 5.56 Å². The number of H-pyrrole nitrogens is 1. The first-order valence-corrected chi connectivity index (χ1v) is 5.58. The smallest absolute Gasteiger partial charge is 0.388 e. The van der Waals surface area contributed by atoms with Crippen molar-refractivity contribution in [1.82, 2.24) is 4.98 Å². The number of pyridine rings is 1. The Balaban J connectivity index is 3.53. The second-order valence-electron chi connectivity index (χ2n) is 3.07. The number of aromatic nitrogens is 1.